The zero-order valence-electron chi connectivity index (χ0n) is 30.0. The molecule has 4 heterocycles. The number of para-hydroxylation sites is 2. The molecule has 0 unspecified atom stereocenters. The Bertz CT molecular complexity index is 3630. The van der Waals surface area contributed by atoms with Crippen LogP contribution in [0.5, 0.6) is 5.75 Å². The van der Waals surface area contributed by atoms with E-state index in [0.29, 0.717) is 12.3 Å². The van der Waals surface area contributed by atoms with Crippen LogP contribution in [0.3, 0.4) is 0 Å². The van der Waals surface area contributed by atoms with E-state index < -0.39 is 0 Å². The van der Waals surface area contributed by atoms with Crippen molar-refractivity contribution in [3.8, 4) is 34.0 Å². The molecule has 13 rings (SSSR count). The number of hydrogen-bond acceptors (Lipinski definition) is 4. The Morgan fingerprint density at radius 1 is 0.482 bits per heavy atom. The summed E-state index contributed by atoms with van der Waals surface area (Å²) in [5.41, 5.74) is 9.22. The lowest BCUT2D eigenvalue weighted by Crippen LogP contribution is -2.07. The first-order valence-electron chi connectivity index (χ1n) is 19.0. The Hall–Kier alpha value is -7.50. The van der Waals surface area contributed by atoms with Crippen LogP contribution in [-0.4, -0.2) is 14.5 Å². The van der Waals surface area contributed by atoms with Crippen molar-refractivity contribution in [1.82, 2.24) is 14.5 Å². The molecule has 260 valence electrons. The van der Waals surface area contributed by atoms with Crippen LogP contribution >= 0.6 is 0 Å². The van der Waals surface area contributed by atoms with Gasteiger partial charge in [-0.25, -0.2) is 9.97 Å². The van der Waals surface area contributed by atoms with Gasteiger partial charge >= 0.3 is 0 Å². The largest absolute Gasteiger partial charge is 0.488 e. The number of furan rings is 1. The molecule has 0 radical (unpaired) electrons. The highest BCUT2D eigenvalue weighted by Gasteiger charge is 2.26. The molecule has 9 aromatic carbocycles. The van der Waals surface area contributed by atoms with Crippen molar-refractivity contribution in [2.45, 2.75) is 6.61 Å². The molecule has 0 N–H and O–H groups in total. The third-order valence-electron chi connectivity index (χ3n) is 11.9. The van der Waals surface area contributed by atoms with E-state index in [0.717, 1.165) is 61.5 Å². The number of benzene rings is 9. The zero-order chi connectivity index (χ0) is 36.5. The normalized spacial score (nSPS) is 12.7. The Morgan fingerprint density at radius 3 is 2.00 bits per heavy atom. The van der Waals surface area contributed by atoms with Gasteiger partial charge in [0.2, 0.25) is 5.71 Å². The second-order valence-corrected chi connectivity index (χ2v) is 14.8. The standard InChI is InChI=1S/C51H29N3O2/c1-2-12-33-29(11-1)22-25-41-46(33)47-42(26-24-39-36-15-4-3-13-34(36)35-14-5-6-17-38(35)45(39)47)54(41)50-48(53-51-49(52-50)40-18-8-10-20-44(40)56-51)30-21-23-32-31(27-30)28-55-43-19-9-7-16-37(32)43/h1-27H,28H2. The van der Waals surface area contributed by atoms with Crippen molar-refractivity contribution in [1.29, 1.82) is 0 Å². The highest BCUT2D eigenvalue weighted by atomic mass is 16.5. The van der Waals surface area contributed by atoms with Crippen molar-refractivity contribution in [2.75, 3.05) is 0 Å². The van der Waals surface area contributed by atoms with E-state index >= 15 is 0 Å². The average molecular weight is 716 g/mol. The summed E-state index contributed by atoms with van der Waals surface area (Å²) in [5, 5.41) is 13.2. The molecular formula is C51H29N3O2. The smallest absolute Gasteiger partial charge is 0.247 e. The third kappa shape index (κ3) is 3.98. The summed E-state index contributed by atoms with van der Waals surface area (Å²) in [6, 6.07) is 58.3. The summed E-state index contributed by atoms with van der Waals surface area (Å²) in [6.07, 6.45) is 0. The third-order valence-corrected chi connectivity index (χ3v) is 11.9. The SMILES string of the molecule is c1ccc2c(c1)OCc1cc(-c3nc4oc5ccccc5c4nc3-n3c4ccc5ccccc5c4c4c5c6ccccc6c6ccccc6c5ccc43)ccc1-2. The Labute approximate surface area is 319 Å². The van der Waals surface area contributed by atoms with Gasteiger partial charge in [-0.3, -0.25) is 4.57 Å². The number of nitrogens with zero attached hydrogens (tertiary/aromatic N) is 3. The monoisotopic (exact) mass is 715 g/mol. The Balaban J connectivity index is 1.21. The number of rotatable bonds is 2. The molecular weight excluding hydrogens is 687 g/mol. The molecule has 1 aliphatic rings. The molecule has 1 aliphatic heterocycles. The fourth-order valence-corrected chi connectivity index (χ4v) is 9.45. The molecule has 0 aliphatic carbocycles. The van der Waals surface area contributed by atoms with E-state index in [9.17, 15) is 0 Å². The molecule has 0 fully saturated rings. The molecule has 0 saturated carbocycles. The minimum atomic E-state index is 0.476. The van der Waals surface area contributed by atoms with Crippen LogP contribution in [0.1, 0.15) is 5.56 Å². The van der Waals surface area contributed by atoms with Crippen molar-refractivity contribution in [3.63, 3.8) is 0 Å². The van der Waals surface area contributed by atoms with Crippen LogP contribution in [-0.2, 0) is 6.61 Å². The minimum Gasteiger partial charge on any atom is -0.488 e. The number of hydrogen-bond donors (Lipinski definition) is 0. The van der Waals surface area contributed by atoms with E-state index in [1.807, 2.05) is 30.3 Å². The fourth-order valence-electron chi connectivity index (χ4n) is 9.45. The van der Waals surface area contributed by atoms with Crippen molar-refractivity contribution >= 4 is 87.1 Å². The molecule has 56 heavy (non-hydrogen) atoms. The Kier molecular flexibility index (Phi) is 5.89. The number of fused-ring (bicyclic) bond motifs is 18. The molecule has 0 saturated heterocycles. The van der Waals surface area contributed by atoms with E-state index in [1.54, 1.807) is 0 Å². The second-order valence-electron chi connectivity index (χ2n) is 14.8. The summed E-state index contributed by atoms with van der Waals surface area (Å²) >= 11 is 0. The topological polar surface area (TPSA) is 53.1 Å². The van der Waals surface area contributed by atoms with Gasteiger partial charge in [0.05, 0.1) is 11.0 Å². The number of ether oxygens (including phenoxy) is 1. The lowest BCUT2D eigenvalue weighted by Gasteiger charge is -2.21. The summed E-state index contributed by atoms with van der Waals surface area (Å²) in [4.78, 5) is 10.9. The summed E-state index contributed by atoms with van der Waals surface area (Å²) in [5.74, 6) is 1.66. The first kappa shape index (κ1) is 29.9. The van der Waals surface area contributed by atoms with Gasteiger partial charge in [-0.1, -0.05) is 127 Å². The van der Waals surface area contributed by atoms with Crippen molar-refractivity contribution < 1.29 is 9.15 Å². The molecule has 5 nitrogen and oxygen atoms in total. The molecule has 0 amide bonds. The van der Waals surface area contributed by atoms with Crippen LogP contribution in [0.2, 0.25) is 0 Å². The van der Waals surface area contributed by atoms with Gasteiger partial charge in [-0.2, -0.15) is 0 Å². The van der Waals surface area contributed by atoms with E-state index in [4.69, 9.17) is 19.1 Å². The molecule has 0 spiro atoms. The van der Waals surface area contributed by atoms with Gasteiger partial charge in [-0.05, 0) is 85.2 Å². The van der Waals surface area contributed by atoms with Crippen LogP contribution in [0, 0.1) is 0 Å². The Morgan fingerprint density at radius 2 is 1.14 bits per heavy atom. The van der Waals surface area contributed by atoms with Gasteiger partial charge in [0, 0.05) is 32.7 Å². The van der Waals surface area contributed by atoms with Crippen LogP contribution in [0.15, 0.2) is 168 Å². The molecule has 12 aromatic rings. The highest BCUT2D eigenvalue weighted by molar-refractivity contribution is 6.37. The van der Waals surface area contributed by atoms with E-state index in [-0.39, 0.29) is 0 Å². The first-order chi connectivity index (χ1) is 27.8. The van der Waals surface area contributed by atoms with Gasteiger partial charge in [0.15, 0.2) is 5.82 Å². The minimum absolute atomic E-state index is 0.476. The van der Waals surface area contributed by atoms with Crippen LogP contribution in [0.25, 0.3) is 115 Å². The lowest BCUT2D eigenvalue weighted by molar-refractivity contribution is 0.302. The molecule has 3 aromatic heterocycles. The summed E-state index contributed by atoms with van der Waals surface area (Å²) in [6.45, 7) is 0.476. The zero-order valence-corrected chi connectivity index (χ0v) is 30.0. The maximum absolute atomic E-state index is 6.42. The van der Waals surface area contributed by atoms with Gasteiger partial charge in [0.1, 0.15) is 29.2 Å². The second kappa shape index (κ2) is 11.0. The van der Waals surface area contributed by atoms with E-state index in [2.05, 4.69) is 138 Å². The van der Waals surface area contributed by atoms with Gasteiger partial charge in [0.25, 0.3) is 0 Å². The average Bonchev–Trinajstić information content (AvgIpc) is 3.81. The highest BCUT2D eigenvalue weighted by Crippen LogP contribution is 2.47. The van der Waals surface area contributed by atoms with Crippen molar-refractivity contribution in [3.05, 3.63) is 169 Å². The summed E-state index contributed by atoms with van der Waals surface area (Å²) in [7, 11) is 0. The van der Waals surface area contributed by atoms with Crippen LogP contribution < -0.4 is 4.74 Å². The van der Waals surface area contributed by atoms with Gasteiger partial charge in [-0.15, -0.1) is 0 Å². The lowest BCUT2D eigenvalue weighted by atomic mass is 9.91. The van der Waals surface area contributed by atoms with Gasteiger partial charge < -0.3 is 9.15 Å². The predicted molar refractivity (Wildman–Crippen MR) is 229 cm³/mol. The molecule has 0 bridgehead atoms. The maximum Gasteiger partial charge on any atom is 0.247 e. The van der Waals surface area contributed by atoms with Crippen LogP contribution in [0.4, 0.5) is 0 Å². The predicted octanol–water partition coefficient (Wildman–Crippen LogP) is 13.3. The maximum atomic E-state index is 6.42. The number of aromatic nitrogens is 3. The fraction of sp³-hybridized carbons (Fsp3) is 0.0196. The van der Waals surface area contributed by atoms with Crippen molar-refractivity contribution in [2.24, 2.45) is 0 Å². The quantitative estimate of drug-likeness (QED) is 0.167. The molecule has 0 atom stereocenters. The van der Waals surface area contributed by atoms with E-state index in [1.165, 1.54) is 59.4 Å². The summed E-state index contributed by atoms with van der Waals surface area (Å²) < 4.78 is 15.0. The first-order valence-corrected chi connectivity index (χ1v) is 19.0. The molecule has 5 heteroatoms.